The number of fused-ring (bicyclic) bond motifs is 1. The average Bonchev–Trinajstić information content (AvgIpc) is 2.80. The van der Waals surface area contributed by atoms with E-state index < -0.39 is 0 Å². The van der Waals surface area contributed by atoms with Crippen LogP contribution in [0.3, 0.4) is 0 Å². The molecule has 2 aromatic heterocycles. The van der Waals surface area contributed by atoms with Crippen LogP contribution in [0.15, 0.2) is 24.3 Å². The van der Waals surface area contributed by atoms with E-state index in [1.165, 1.54) is 0 Å². The highest BCUT2D eigenvalue weighted by Gasteiger charge is 2.10. The van der Waals surface area contributed by atoms with Crippen molar-refractivity contribution in [1.29, 1.82) is 0 Å². The average molecular weight is 267 g/mol. The molecule has 3 N–H and O–H groups in total. The molecule has 0 saturated heterocycles. The van der Waals surface area contributed by atoms with Crippen LogP contribution in [0.2, 0.25) is 0 Å². The quantitative estimate of drug-likeness (QED) is 0.763. The van der Waals surface area contributed by atoms with E-state index in [2.05, 4.69) is 26.9 Å². The van der Waals surface area contributed by atoms with Crippen LogP contribution >= 0.6 is 0 Å². The lowest BCUT2D eigenvalue weighted by Gasteiger charge is -2.07. The Morgan fingerprint density at radius 1 is 1.15 bits per heavy atom. The van der Waals surface area contributed by atoms with Crippen LogP contribution in [0.5, 0.6) is 0 Å². The minimum absolute atomic E-state index is 0.559. The Kier molecular flexibility index (Phi) is 3.10. The zero-order valence-electron chi connectivity index (χ0n) is 11.6. The first kappa shape index (κ1) is 12.6. The van der Waals surface area contributed by atoms with E-state index in [1.54, 1.807) is 0 Å². The molecule has 102 valence electrons. The number of rotatable bonds is 3. The molecule has 1 aromatic carbocycles. The molecule has 0 amide bonds. The lowest BCUT2D eigenvalue weighted by Crippen LogP contribution is -2.07. The maximum absolute atomic E-state index is 5.98. The molecule has 2 heterocycles. The van der Waals surface area contributed by atoms with Gasteiger partial charge in [0.25, 0.3) is 0 Å². The third kappa shape index (κ3) is 2.22. The van der Waals surface area contributed by atoms with Gasteiger partial charge in [0.1, 0.15) is 17.5 Å². The number of anilines is 1. The van der Waals surface area contributed by atoms with Crippen LogP contribution in [0.4, 0.5) is 5.82 Å². The van der Waals surface area contributed by atoms with Gasteiger partial charge in [-0.3, -0.25) is 0 Å². The summed E-state index contributed by atoms with van der Waals surface area (Å²) in [5.41, 5.74) is 9.94. The Hall–Kier alpha value is -2.43. The van der Waals surface area contributed by atoms with E-state index >= 15 is 0 Å². The summed E-state index contributed by atoms with van der Waals surface area (Å²) in [5.74, 6) is 2.14. The van der Waals surface area contributed by atoms with Gasteiger partial charge >= 0.3 is 0 Å². The predicted octanol–water partition coefficient (Wildman–Crippen LogP) is 2.40. The second kappa shape index (κ2) is 4.92. The van der Waals surface area contributed by atoms with E-state index in [4.69, 9.17) is 5.73 Å². The lowest BCUT2D eigenvalue weighted by atomic mass is 10.1. The van der Waals surface area contributed by atoms with E-state index in [9.17, 15) is 0 Å². The summed E-state index contributed by atoms with van der Waals surface area (Å²) in [4.78, 5) is 16.7. The number of imidazole rings is 1. The summed E-state index contributed by atoms with van der Waals surface area (Å²) in [6, 6.07) is 7.95. The van der Waals surface area contributed by atoms with Gasteiger partial charge in [0.2, 0.25) is 0 Å². The van der Waals surface area contributed by atoms with E-state index in [-0.39, 0.29) is 0 Å². The third-order valence-electron chi connectivity index (χ3n) is 3.41. The number of aromatic amines is 1. The molecule has 0 aliphatic heterocycles. The van der Waals surface area contributed by atoms with Crippen LogP contribution < -0.4 is 5.73 Å². The van der Waals surface area contributed by atoms with E-state index in [1.807, 2.05) is 31.2 Å². The summed E-state index contributed by atoms with van der Waals surface area (Å²) in [6.07, 6.45) is 1.41. The molecule has 3 rings (SSSR count). The van der Waals surface area contributed by atoms with Crippen molar-refractivity contribution in [3.8, 4) is 0 Å². The monoisotopic (exact) mass is 267 g/mol. The van der Waals surface area contributed by atoms with Crippen LogP contribution in [-0.4, -0.2) is 19.9 Å². The van der Waals surface area contributed by atoms with Gasteiger partial charge in [0.05, 0.1) is 17.5 Å². The number of hydrogen-bond donors (Lipinski definition) is 2. The highest BCUT2D eigenvalue weighted by Crippen LogP contribution is 2.16. The highest BCUT2D eigenvalue weighted by atomic mass is 15.0. The van der Waals surface area contributed by atoms with E-state index in [0.29, 0.717) is 18.1 Å². The zero-order chi connectivity index (χ0) is 14.1. The van der Waals surface area contributed by atoms with Gasteiger partial charge in [-0.1, -0.05) is 19.1 Å². The first-order chi connectivity index (χ1) is 9.67. The minimum atomic E-state index is 0.559. The zero-order valence-corrected chi connectivity index (χ0v) is 11.6. The summed E-state index contributed by atoms with van der Waals surface area (Å²) in [7, 11) is 0. The molecular formula is C15H17N5. The van der Waals surface area contributed by atoms with Gasteiger partial charge in [0.15, 0.2) is 0 Å². The number of benzene rings is 1. The molecule has 0 saturated carbocycles. The number of aryl methyl sites for hydroxylation is 1. The van der Waals surface area contributed by atoms with Crippen molar-refractivity contribution in [2.24, 2.45) is 0 Å². The van der Waals surface area contributed by atoms with Gasteiger partial charge in [0, 0.05) is 11.3 Å². The second-order valence-corrected chi connectivity index (χ2v) is 4.82. The largest absolute Gasteiger partial charge is 0.383 e. The molecule has 0 radical (unpaired) electrons. The van der Waals surface area contributed by atoms with Crippen LogP contribution in [0, 0.1) is 6.92 Å². The number of aromatic nitrogens is 4. The molecule has 3 aromatic rings. The fraction of sp³-hybridized carbons (Fsp3) is 0.267. The minimum Gasteiger partial charge on any atom is -0.383 e. The van der Waals surface area contributed by atoms with Crippen LogP contribution in [0.25, 0.3) is 11.0 Å². The fourth-order valence-corrected chi connectivity index (χ4v) is 2.43. The first-order valence-electron chi connectivity index (χ1n) is 6.73. The predicted molar refractivity (Wildman–Crippen MR) is 79.5 cm³/mol. The van der Waals surface area contributed by atoms with Crippen molar-refractivity contribution in [2.75, 3.05) is 5.73 Å². The smallest absolute Gasteiger partial charge is 0.138 e. The van der Waals surface area contributed by atoms with Gasteiger partial charge in [-0.25, -0.2) is 15.0 Å². The molecule has 0 atom stereocenters. The van der Waals surface area contributed by atoms with Crippen LogP contribution in [0.1, 0.15) is 29.8 Å². The van der Waals surface area contributed by atoms with E-state index in [0.717, 1.165) is 34.5 Å². The Bertz CT molecular complexity index is 704. The number of hydrogen-bond acceptors (Lipinski definition) is 4. The molecule has 0 aliphatic carbocycles. The number of para-hydroxylation sites is 2. The Morgan fingerprint density at radius 2 is 1.95 bits per heavy atom. The molecule has 5 nitrogen and oxygen atoms in total. The summed E-state index contributed by atoms with van der Waals surface area (Å²) in [5, 5.41) is 0. The fourth-order valence-electron chi connectivity index (χ4n) is 2.43. The van der Waals surface area contributed by atoms with Crippen molar-refractivity contribution in [3.05, 3.63) is 47.2 Å². The van der Waals surface area contributed by atoms with Crippen molar-refractivity contribution in [1.82, 2.24) is 19.9 Å². The topological polar surface area (TPSA) is 80.5 Å². The van der Waals surface area contributed by atoms with Gasteiger partial charge < -0.3 is 10.7 Å². The molecule has 0 bridgehead atoms. The Morgan fingerprint density at radius 3 is 2.65 bits per heavy atom. The first-order valence-corrected chi connectivity index (χ1v) is 6.73. The number of H-pyrrole nitrogens is 1. The molecule has 0 aliphatic rings. The molecular weight excluding hydrogens is 250 g/mol. The van der Waals surface area contributed by atoms with Gasteiger partial charge in [-0.15, -0.1) is 0 Å². The summed E-state index contributed by atoms with van der Waals surface area (Å²) < 4.78 is 0. The maximum atomic E-state index is 5.98. The third-order valence-corrected chi connectivity index (χ3v) is 3.41. The lowest BCUT2D eigenvalue weighted by molar-refractivity contribution is 0.883. The molecule has 20 heavy (non-hydrogen) atoms. The highest BCUT2D eigenvalue weighted by molar-refractivity contribution is 5.74. The van der Waals surface area contributed by atoms with Crippen molar-refractivity contribution in [3.63, 3.8) is 0 Å². The van der Waals surface area contributed by atoms with Crippen molar-refractivity contribution >= 4 is 16.9 Å². The standard InChI is InChI=1S/C15H17N5/c1-3-10-9(2)17-13(20-15(10)16)8-14-18-11-6-4-5-7-12(11)19-14/h4-7H,3,8H2,1-2H3,(H,18,19)(H2,16,17,20). The van der Waals surface area contributed by atoms with Gasteiger partial charge in [-0.2, -0.15) is 0 Å². The Labute approximate surface area is 117 Å². The molecule has 0 unspecified atom stereocenters. The normalized spacial score (nSPS) is 11.1. The SMILES string of the molecule is CCc1c(C)nc(Cc2nc3ccccc3[nH]2)nc1N. The van der Waals surface area contributed by atoms with Crippen molar-refractivity contribution < 1.29 is 0 Å². The number of nitrogens with zero attached hydrogens (tertiary/aromatic N) is 3. The number of nitrogens with two attached hydrogens (primary N) is 1. The van der Waals surface area contributed by atoms with Gasteiger partial charge in [-0.05, 0) is 25.5 Å². The molecule has 0 fully saturated rings. The number of nitrogens with one attached hydrogen (secondary N) is 1. The van der Waals surface area contributed by atoms with Crippen LogP contribution in [-0.2, 0) is 12.8 Å². The molecule has 5 heteroatoms. The second-order valence-electron chi connectivity index (χ2n) is 4.82. The number of nitrogen functional groups attached to an aromatic ring is 1. The Balaban J connectivity index is 1.94. The summed E-state index contributed by atoms with van der Waals surface area (Å²) >= 11 is 0. The molecule has 0 spiro atoms. The maximum Gasteiger partial charge on any atom is 0.138 e. The summed E-state index contributed by atoms with van der Waals surface area (Å²) in [6.45, 7) is 4.03. The van der Waals surface area contributed by atoms with Crippen molar-refractivity contribution in [2.45, 2.75) is 26.7 Å².